The molecule has 0 aliphatic rings. The highest BCUT2D eigenvalue weighted by atomic mass is 79.9. The van der Waals surface area contributed by atoms with Crippen LogP contribution in [0.15, 0.2) is 55.6 Å². The predicted molar refractivity (Wildman–Crippen MR) is 118 cm³/mol. The quantitative estimate of drug-likeness (QED) is 0.418. The summed E-state index contributed by atoms with van der Waals surface area (Å²) in [6, 6.07) is 9.81. The maximum absolute atomic E-state index is 12.5. The summed E-state index contributed by atoms with van der Waals surface area (Å²) in [5, 5.41) is 4.53. The van der Waals surface area contributed by atoms with Crippen LogP contribution >= 0.6 is 27.5 Å². The number of nitrogens with one attached hydrogen (secondary N) is 1. The molecule has 0 fully saturated rings. The number of carbonyl (C=O) groups is 1. The van der Waals surface area contributed by atoms with Crippen molar-refractivity contribution in [1.82, 2.24) is 9.66 Å². The summed E-state index contributed by atoms with van der Waals surface area (Å²) in [6.45, 7) is 3.17. The number of para-hydroxylation sites is 1. The Kier molecular flexibility index (Phi) is 6.73. The number of halogens is 2. The van der Waals surface area contributed by atoms with Crippen LogP contribution in [0, 0.1) is 0 Å². The van der Waals surface area contributed by atoms with Gasteiger partial charge in [-0.3, -0.25) is 4.79 Å². The second-order valence-electron chi connectivity index (χ2n) is 6.48. The van der Waals surface area contributed by atoms with Crippen molar-refractivity contribution in [1.29, 1.82) is 0 Å². The van der Waals surface area contributed by atoms with Crippen molar-refractivity contribution in [2.24, 2.45) is 5.10 Å². The van der Waals surface area contributed by atoms with E-state index < -0.39 is 17.2 Å². The lowest BCUT2D eigenvalue weighted by molar-refractivity contribution is -0.149. The molecule has 0 aliphatic carbocycles. The smallest absolute Gasteiger partial charge is 0.349 e. The molecule has 3 rings (SSSR count). The number of hydrogen-bond donors (Lipinski definition) is 1. The summed E-state index contributed by atoms with van der Waals surface area (Å²) in [6.07, 6.45) is 1.07. The minimum atomic E-state index is -0.663. The number of hydrogen-bond acceptors (Lipinski definition) is 6. The van der Waals surface area contributed by atoms with Crippen LogP contribution in [0.25, 0.3) is 10.9 Å². The number of ether oxygens (including phenoxy) is 2. The molecule has 0 amide bonds. The molecule has 1 aromatic heterocycles. The highest BCUT2D eigenvalue weighted by Crippen LogP contribution is 2.34. The third kappa shape index (κ3) is 4.98. The molecule has 156 valence electrons. The zero-order valence-electron chi connectivity index (χ0n) is 16.0. The van der Waals surface area contributed by atoms with Crippen molar-refractivity contribution < 1.29 is 14.3 Å². The Balaban J connectivity index is 1.85. The van der Waals surface area contributed by atoms with Gasteiger partial charge in [0.2, 0.25) is 0 Å². The van der Waals surface area contributed by atoms with Crippen LogP contribution < -0.4 is 16.0 Å². The molecule has 0 aliphatic heterocycles. The van der Waals surface area contributed by atoms with E-state index >= 15 is 0 Å². The number of H-pyrrole nitrogens is 1. The van der Waals surface area contributed by atoms with Crippen LogP contribution in [-0.4, -0.2) is 34.6 Å². The molecule has 8 nitrogen and oxygen atoms in total. The van der Waals surface area contributed by atoms with Crippen LogP contribution in [-0.2, 0) is 9.53 Å². The van der Waals surface area contributed by atoms with Gasteiger partial charge in [0.25, 0.3) is 5.56 Å². The molecule has 1 N–H and O–H groups in total. The number of carbonyl (C=O) groups excluding carboxylic acids is 1. The molecular formula is C20H17BrClN3O5. The highest BCUT2D eigenvalue weighted by molar-refractivity contribution is 9.10. The van der Waals surface area contributed by atoms with Gasteiger partial charge in [-0.25, -0.2) is 9.59 Å². The van der Waals surface area contributed by atoms with Crippen molar-refractivity contribution in [2.75, 3.05) is 6.61 Å². The standard InChI is InChI=1S/C20H17BrClN3O5/c1-11(2)30-17(26)10-29-18-14(21)7-12(8-15(18)22)9-23-25-19(27)13-5-3-4-6-16(13)24-20(25)28/h3-9,11H,10H2,1-2H3,(H,24,28). The second-order valence-corrected chi connectivity index (χ2v) is 7.74. The molecule has 0 spiro atoms. The largest absolute Gasteiger partial charge is 0.479 e. The fourth-order valence-corrected chi connectivity index (χ4v) is 3.59. The van der Waals surface area contributed by atoms with Crippen LogP contribution in [0.5, 0.6) is 5.75 Å². The molecule has 0 saturated carbocycles. The average Bonchev–Trinajstić information content (AvgIpc) is 2.66. The van der Waals surface area contributed by atoms with E-state index in [4.69, 9.17) is 21.1 Å². The molecule has 0 saturated heterocycles. The normalized spacial score (nSPS) is 11.4. The van der Waals surface area contributed by atoms with Gasteiger partial charge in [0.1, 0.15) is 0 Å². The first-order valence-corrected chi connectivity index (χ1v) is 10.0. The van der Waals surface area contributed by atoms with Crippen LogP contribution in [0.3, 0.4) is 0 Å². The summed E-state index contributed by atoms with van der Waals surface area (Å²) in [5.41, 5.74) is -0.270. The van der Waals surface area contributed by atoms with Gasteiger partial charge < -0.3 is 14.5 Å². The maximum Gasteiger partial charge on any atom is 0.349 e. The molecule has 1 heterocycles. The Labute approximate surface area is 184 Å². The first-order valence-electron chi connectivity index (χ1n) is 8.86. The molecule has 10 heteroatoms. The van der Waals surface area contributed by atoms with E-state index in [-0.39, 0.29) is 23.5 Å². The lowest BCUT2D eigenvalue weighted by atomic mass is 10.2. The van der Waals surface area contributed by atoms with E-state index in [9.17, 15) is 14.4 Å². The van der Waals surface area contributed by atoms with Crippen molar-refractivity contribution in [3.8, 4) is 5.75 Å². The molecule has 0 unspecified atom stereocenters. The third-order valence-corrected chi connectivity index (χ3v) is 4.70. The van der Waals surface area contributed by atoms with Gasteiger partial charge in [-0.1, -0.05) is 23.7 Å². The monoisotopic (exact) mass is 493 g/mol. The van der Waals surface area contributed by atoms with Gasteiger partial charge in [-0.15, -0.1) is 4.68 Å². The average molecular weight is 495 g/mol. The predicted octanol–water partition coefficient (Wildman–Crippen LogP) is 3.32. The van der Waals surface area contributed by atoms with Gasteiger partial charge >= 0.3 is 11.7 Å². The summed E-state index contributed by atoms with van der Waals surface area (Å²) < 4.78 is 11.6. The Bertz CT molecular complexity index is 1230. The number of nitrogens with zero attached hydrogens (tertiary/aromatic N) is 2. The maximum atomic E-state index is 12.5. The van der Waals surface area contributed by atoms with E-state index in [1.165, 1.54) is 12.3 Å². The molecule has 2 aromatic carbocycles. The SMILES string of the molecule is CC(C)OC(=O)COc1c(Cl)cc(C=Nn2c(=O)[nH]c3ccccc3c2=O)cc1Br. The van der Waals surface area contributed by atoms with E-state index in [1.54, 1.807) is 44.2 Å². The number of rotatable bonds is 6. The summed E-state index contributed by atoms with van der Waals surface area (Å²) >= 11 is 9.57. The first-order chi connectivity index (χ1) is 14.3. The summed E-state index contributed by atoms with van der Waals surface area (Å²) in [5.74, 6) is -0.260. The Morgan fingerprint density at radius 1 is 1.30 bits per heavy atom. The lowest BCUT2D eigenvalue weighted by Crippen LogP contribution is -2.32. The minimum Gasteiger partial charge on any atom is -0.479 e. The third-order valence-electron chi connectivity index (χ3n) is 3.83. The van der Waals surface area contributed by atoms with Gasteiger partial charge in [-0.05, 0) is 59.6 Å². The van der Waals surface area contributed by atoms with Crippen LogP contribution in [0.2, 0.25) is 5.02 Å². The van der Waals surface area contributed by atoms with E-state index in [2.05, 4.69) is 26.0 Å². The van der Waals surface area contributed by atoms with Crippen molar-refractivity contribution in [2.45, 2.75) is 20.0 Å². The number of aromatic amines is 1. The van der Waals surface area contributed by atoms with Gasteiger partial charge in [0.15, 0.2) is 12.4 Å². The Morgan fingerprint density at radius 2 is 2.03 bits per heavy atom. The number of fused-ring (bicyclic) bond motifs is 1. The summed E-state index contributed by atoms with van der Waals surface area (Å²) in [7, 11) is 0. The molecule has 30 heavy (non-hydrogen) atoms. The lowest BCUT2D eigenvalue weighted by Gasteiger charge is -2.12. The van der Waals surface area contributed by atoms with Crippen LogP contribution in [0.1, 0.15) is 19.4 Å². The van der Waals surface area contributed by atoms with Crippen molar-refractivity contribution >= 4 is 50.6 Å². The first kappa shape index (κ1) is 21.8. The topological polar surface area (TPSA) is 103 Å². The number of aromatic nitrogens is 2. The fraction of sp³-hybridized carbons (Fsp3) is 0.200. The second kappa shape index (κ2) is 9.27. The van der Waals surface area contributed by atoms with Crippen molar-refractivity contribution in [3.63, 3.8) is 0 Å². The molecule has 0 bridgehead atoms. The Morgan fingerprint density at radius 3 is 2.73 bits per heavy atom. The van der Waals surface area contributed by atoms with Gasteiger partial charge in [0.05, 0.1) is 32.7 Å². The highest BCUT2D eigenvalue weighted by Gasteiger charge is 2.13. The Hall–Kier alpha value is -2.91. The van der Waals surface area contributed by atoms with E-state index in [0.29, 0.717) is 20.9 Å². The zero-order chi connectivity index (χ0) is 21.8. The summed E-state index contributed by atoms with van der Waals surface area (Å²) in [4.78, 5) is 38.9. The molecule has 0 atom stereocenters. The molecular weight excluding hydrogens is 478 g/mol. The van der Waals surface area contributed by atoms with Crippen LogP contribution in [0.4, 0.5) is 0 Å². The van der Waals surface area contributed by atoms with Gasteiger partial charge in [0, 0.05) is 0 Å². The zero-order valence-corrected chi connectivity index (χ0v) is 18.4. The minimum absolute atomic E-state index is 0.211. The van der Waals surface area contributed by atoms with Crippen molar-refractivity contribution in [3.05, 3.63) is 72.3 Å². The van der Waals surface area contributed by atoms with E-state index in [1.807, 2.05) is 0 Å². The fourth-order valence-electron chi connectivity index (χ4n) is 2.60. The molecule has 3 aromatic rings. The number of esters is 1. The van der Waals surface area contributed by atoms with Gasteiger partial charge in [-0.2, -0.15) is 5.10 Å². The number of benzene rings is 2. The molecule has 0 radical (unpaired) electrons. The van der Waals surface area contributed by atoms with E-state index in [0.717, 1.165) is 4.68 Å².